The van der Waals surface area contributed by atoms with Gasteiger partial charge in [-0.1, -0.05) is 270 Å². The lowest BCUT2D eigenvalue weighted by Gasteiger charge is -2.27. The quantitative estimate of drug-likeness (QED) is 0.0617. The molecule has 0 aliphatic carbocycles. The van der Waals surface area contributed by atoms with Gasteiger partial charge in [-0.25, -0.2) is 0 Å². The highest BCUT2D eigenvalue weighted by atomic mass is 32.2. The van der Waals surface area contributed by atoms with Gasteiger partial charge in [-0.2, -0.15) is 70.6 Å². The Morgan fingerprint density at radius 3 is 0.459 bits per heavy atom. The lowest BCUT2D eigenvalue weighted by Crippen LogP contribution is -2.55. The zero-order valence-electron chi connectivity index (χ0n) is 48.5. The summed E-state index contributed by atoms with van der Waals surface area (Å²) in [7, 11) is -2.41. The molecule has 0 aliphatic rings. The van der Waals surface area contributed by atoms with Crippen molar-refractivity contribution < 1.29 is 0 Å². The lowest BCUT2D eigenvalue weighted by atomic mass is 10.2. The minimum Gasteiger partial charge on any atom is -0.151 e. The summed E-state index contributed by atoms with van der Waals surface area (Å²) in [4.78, 5) is 0. The number of hydrogen-bond acceptors (Lipinski definition) is 6. The van der Waals surface area contributed by atoms with Crippen LogP contribution >= 0.6 is 70.6 Å². The molecule has 6 aromatic rings. The van der Waals surface area contributed by atoms with Crippen molar-refractivity contribution in [3.63, 3.8) is 0 Å². The third-order valence-corrected chi connectivity index (χ3v) is 25.8. The lowest BCUT2D eigenvalue weighted by molar-refractivity contribution is 0.802. The summed E-state index contributed by atoms with van der Waals surface area (Å²) in [6, 6.07) is 55.7. The fourth-order valence-electron chi connectivity index (χ4n) is 7.98. The number of thioether (sulfide) groups is 6. The molecule has 0 N–H and O–H groups in total. The van der Waals surface area contributed by atoms with E-state index < -0.39 is 17.6 Å². The Bertz CT molecular complexity index is 2190. The Balaban J connectivity index is 0.000000274. The van der Waals surface area contributed by atoms with E-state index in [1.165, 1.54) is 33.4 Å². The van der Waals surface area contributed by atoms with Gasteiger partial charge >= 0.3 is 0 Å². The highest BCUT2D eigenvalue weighted by Crippen LogP contribution is 2.32. The third-order valence-electron chi connectivity index (χ3n) is 11.7. The molecule has 0 saturated heterocycles. The van der Waals surface area contributed by atoms with Gasteiger partial charge in [-0.05, 0) is 64.5 Å². The predicted molar refractivity (Wildman–Crippen MR) is 354 cm³/mol. The van der Waals surface area contributed by atoms with Crippen molar-refractivity contribution >= 4 is 119 Å². The first-order valence-corrected chi connectivity index (χ1v) is 35.5. The second-order valence-corrected chi connectivity index (χ2v) is 40.6. The maximum Gasteiger partial charge on any atom is 0.155 e. The van der Waals surface area contributed by atoms with Gasteiger partial charge in [0.2, 0.25) is 0 Å². The van der Waals surface area contributed by atoms with E-state index in [1.54, 1.807) is 31.1 Å². The summed E-state index contributed by atoms with van der Waals surface area (Å²) < 4.78 is 1.43. The Labute approximate surface area is 481 Å². The smallest absolute Gasteiger partial charge is 0.151 e. The van der Waals surface area contributed by atoms with Gasteiger partial charge < -0.3 is 0 Å². The van der Waals surface area contributed by atoms with Crippen LogP contribution in [0.25, 0.3) is 0 Å². The molecule has 0 spiro atoms. The summed E-state index contributed by atoms with van der Waals surface area (Å²) in [6.45, 7) is 41.8. The summed E-state index contributed by atoms with van der Waals surface area (Å²) in [5, 5.41) is 9.28. The van der Waals surface area contributed by atoms with Crippen LogP contribution in [0.3, 0.4) is 0 Å². The van der Waals surface area contributed by atoms with E-state index in [2.05, 4.69) is 341 Å². The van der Waals surface area contributed by atoms with E-state index in [1.807, 2.05) is 0 Å². The van der Waals surface area contributed by atoms with E-state index >= 15 is 0 Å². The molecule has 6 rings (SSSR count). The van der Waals surface area contributed by atoms with Crippen LogP contribution in [0.2, 0.25) is 0 Å². The fraction of sp³-hybridized carbons (Fsp3) is 0.455. The molecular weight excluding hydrogens is 1040 g/mol. The summed E-state index contributed by atoms with van der Waals surface area (Å²) in [5.41, 5.74) is 8.96. The van der Waals surface area contributed by atoms with Gasteiger partial charge in [-0.15, -0.1) is 0 Å². The summed E-state index contributed by atoms with van der Waals surface area (Å²) in [5.74, 6) is 6.28. The predicted octanol–water partition coefficient (Wildman–Crippen LogP) is 16.6. The van der Waals surface area contributed by atoms with Crippen LogP contribution < -0.4 is 31.1 Å². The minimum atomic E-state index is -1.21. The number of benzene rings is 6. The topological polar surface area (TPSA) is 0 Å². The van der Waals surface area contributed by atoms with Gasteiger partial charge in [0.05, 0.1) is 0 Å². The third kappa shape index (κ3) is 21.6. The fourth-order valence-corrected chi connectivity index (χ4v) is 20.1. The molecule has 0 aliphatic heterocycles. The molecule has 0 nitrogen and oxygen atoms in total. The van der Waals surface area contributed by atoms with Crippen LogP contribution in [0.4, 0.5) is 0 Å². The van der Waals surface area contributed by atoms with Crippen LogP contribution in [0, 0.1) is 0 Å². The van der Waals surface area contributed by atoms with Crippen molar-refractivity contribution in [3.8, 4) is 0 Å². The van der Waals surface area contributed by atoms with Crippen LogP contribution in [0.5, 0.6) is 0 Å². The normalized spacial score (nSPS) is 12.8. The molecule has 6 aromatic carbocycles. The highest BCUT2D eigenvalue weighted by molar-refractivity contribution is 8.01. The van der Waals surface area contributed by atoms with Crippen molar-refractivity contribution in [2.75, 3.05) is 0 Å². The van der Waals surface area contributed by atoms with Crippen LogP contribution in [-0.2, 0) is 34.5 Å². The standard InChI is InChI=1S/2C33H45S3Si/c2*1-31(2,3)34-22-25-16-10-13-19-28(25)37(29-20-14-11-17-26(29)23-35-32(4,5)6)30-21-15-12-18-27(30)24-36-33(7,8)9/h2*10-21H,22-24H2,1-9H3. The van der Waals surface area contributed by atoms with Crippen LogP contribution in [-0.4, -0.2) is 46.1 Å². The number of rotatable bonds is 18. The second kappa shape index (κ2) is 27.6. The number of hydrogen-bond donors (Lipinski definition) is 0. The monoisotopic (exact) mass is 1130 g/mol. The Hall–Kier alpha value is -2.15. The molecule has 0 bridgehead atoms. The second-order valence-electron chi connectivity index (χ2n) is 25.1. The van der Waals surface area contributed by atoms with Gasteiger partial charge in [0, 0.05) is 63.0 Å². The van der Waals surface area contributed by atoms with Gasteiger partial charge in [0.1, 0.15) is 0 Å². The Morgan fingerprint density at radius 1 is 0.216 bits per heavy atom. The van der Waals surface area contributed by atoms with E-state index in [0.717, 1.165) is 34.5 Å². The summed E-state index contributed by atoms with van der Waals surface area (Å²) in [6.07, 6.45) is 0. The zero-order valence-corrected chi connectivity index (χ0v) is 55.4. The molecule has 0 heterocycles. The molecule has 0 amide bonds. The van der Waals surface area contributed by atoms with Crippen molar-refractivity contribution in [3.05, 3.63) is 179 Å². The molecule has 398 valence electrons. The maximum absolute atomic E-state index is 2.42. The Kier molecular flexibility index (Phi) is 23.4. The minimum absolute atomic E-state index is 0.239. The molecule has 8 heteroatoms. The highest BCUT2D eigenvalue weighted by Gasteiger charge is 2.30. The van der Waals surface area contributed by atoms with Crippen LogP contribution in [0.1, 0.15) is 158 Å². The zero-order chi connectivity index (χ0) is 54.5. The molecule has 2 radical (unpaired) electrons. The van der Waals surface area contributed by atoms with Gasteiger partial charge in [-0.3, -0.25) is 0 Å². The van der Waals surface area contributed by atoms with Crippen molar-refractivity contribution in [2.24, 2.45) is 0 Å². The van der Waals surface area contributed by atoms with E-state index in [0.29, 0.717) is 0 Å². The SMILES string of the molecule is CC(C)(C)SCc1ccccc1[Si](c1ccccc1CSC(C)(C)C)c1ccccc1CSC(C)(C)C.CC(C)(C)SCc1ccccc1[Si](c1ccccc1CSC(C)(C)C)c1ccccc1CSC(C)(C)C. The molecule has 0 fully saturated rings. The molecule has 0 aromatic heterocycles. The first-order chi connectivity index (χ1) is 34.5. The molecule has 74 heavy (non-hydrogen) atoms. The molecule has 0 unspecified atom stereocenters. The largest absolute Gasteiger partial charge is 0.155 e. The first kappa shape index (κ1) is 62.7. The first-order valence-electron chi connectivity index (χ1n) is 26.5. The molecule has 0 atom stereocenters. The van der Waals surface area contributed by atoms with Crippen molar-refractivity contribution in [2.45, 2.75) is 188 Å². The van der Waals surface area contributed by atoms with E-state index in [4.69, 9.17) is 0 Å². The molecular formula is C66H90S6Si2. The van der Waals surface area contributed by atoms with E-state index in [9.17, 15) is 0 Å². The average Bonchev–Trinajstić information content (AvgIpc) is 3.31. The summed E-state index contributed by atoms with van der Waals surface area (Å²) >= 11 is 12.3. The van der Waals surface area contributed by atoms with Crippen molar-refractivity contribution in [1.29, 1.82) is 0 Å². The van der Waals surface area contributed by atoms with Crippen molar-refractivity contribution in [1.82, 2.24) is 0 Å². The van der Waals surface area contributed by atoms with E-state index in [-0.39, 0.29) is 28.5 Å². The van der Waals surface area contributed by atoms with Gasteiger partial charge in [0.15, 0.2) is 17.6 Å². The van der Waals surface area contributed by atoms with Gasteiger partial charge in [0.25, 0.3) is 0 Å². The average molecular weight is 1130 g/mol. The Morgan fingerprint density at radius 2 is 0.338 bits per heavy atom. The maximum atomic E-state index is 2.42. The molecule has 0 saturated carbocycles. The van der Waals surface area contributed by atoms with Crippen LogP contribution in [0.15, 0.2) is 146 Å².